The molecule has 0 spiro atoms. The molecule has 0 unspecified atom stereocenters. The van der Waals surface area contributed by atoms with Crippen LogP contribution in [0.15, 0.2) is 47.4 Å². The molecule has 0 aromatic heterocycles. The molecule has 1 saturated heterocycles. The van der Waals surface area contributed by atoms with Crippen molar-refractivity contribution < 1.29 is 22.7 Å². The molecule has 1 aliphatic heterocycles. The van der Waals surface area contributed by atoms with Gasteiger partial charge >= 0.3 is 0 Å². The van der Waals surface area contributed by atoms with Crippen LogP contribution in [0.4, 0.5) is 5.69 Å². The summed E-state index contributed by atoms with van der Waals surface area (Å²) in [6.45, 7) is 0.578. The first kappa shape index (κ1) is 18.1. The number of carbonyl (C=O) groups excluding carboxylic acids is 1. The summed E-state index contributed by atoms with van der Waals surface area (Å²) in [6.07, 6.45) is 0.427. The molecule has 2 N–H and O–H groups in total. The van der Waals surface area contributed by atoms with Gasteiger partial charge in [-0.3, -0.25) is 9.52 Å². The Kier molecular flexibility index (Phi) is 5.03. The van der Waals surface area contributed by atoms with Crippen molar-refractivity contribution in [3.63, 3.8) is 0 Å². The van der Waals surface area contributed by atoms with E-state index in [9.17, 15) is 13.2 Å². The predicted molar refractivity (Wildman–Crippen MR) is 97.2 cm³/mol. The lowest BCUT2D eigenvalue weighted by Crippen LogP contribution is -2.14. The summed E-state index contributed by atoms with van der Waals surface area (Å²) in [4.78, 5) is 11.5. The van der Waals surface area contributed by atoms with Crippen LogP contribution in [-0.2, 0) is 14.8 Å². The van der Waals surface area contributed by atoms with Gasteiger partial charge in [-0.1, -0.05) is 12.1 Å². The highest BCUT2D eigenvalue weighted by atomic mass is 32.2. The van der Waals surface area contributed by atoms with E-state index in [0.717, 1.165) is 5.56 Å². The first-order valence-corrected chi connectivity index (χ1v) is 9.53. The number of hydrogen-bond donors (Lipinski definition) is 2. The molecule has 0 saturated carbocycles. The number of anilines is 1. The Bertz CT molecular complexity index is 910. The summed E-state index contributed by atoms with van der Waals surface area (Å²) < 4.78 is 38.0. The van der Waals surface area contributed by atoms with Gasteiger partial charge < -0.3 is 14.8 Å². The lowest BCUT2D eigenvalue weighted by molar-refractivity contribution is -0.119. The molecule has 8 heteroatoms. The second-order valence-corrected chi connectivity index (χ2v) is 7.63. The predicted octanol–water partition coefficient (Wildman–Crippen LogP) is 2.11. The molecule has 138 valence electrons. The summed E-state index contributed by atoms with van der Waals surface area (Å²) in [7, 11) is -0.744. The number of nitrogens with one attached hydrogen (secondary N) is 2. The van der Waals surface area contributed by atoms with Gasteiger partial charge in [-0.15, -0.1) is 0 Å². The second-order valence-electron chi connectivity index (χ2n) is 5.95. The Morgan fingerprint density at radius 2 is 1.73 bits per heavy atom. The van der Waals surface area contributed by atoms with Crippen molar-refractivity contribution in [2.24, 2.45) is 0 Å². The number of amides is 1. The van der Waals surface area contributed by atoms with E-state index in [1.165, 1.54) is 14.2 Å². The highest BCUT2D eigenvalue weighted by molar-refractivity contribution is 7.92. The van der Waals surface area contributed by atoms with Gasteiger partial charge in [0.2, 0.25) is 5.91 Å². The number of methoxy groups -OCH3 is 2. The van der Waals surface area contributed by atoms with Crippen molar-refractivity contribution in [3.05, 3.63) is 48.0 Å². The smallest absolute Gasteiger partial charge is 0.261 e. The fourth-order valence-electron chi connectivity index (χ4n) is 2.87. The lowest BCUT2D eigenvalue weighted by Gasteiger charge is -2.13. The van der Waals surface area contributed by atoms with Gasteiger partial charge in [0.25, 0.3) is 10.0 Å². The molecule has 2 aromatic carbocycles. The van der Waals surface area contributed by atoms with Crippen molar-refractivity contribution in [2.45, 2.75) is 17.2 Å². The van der Waals surface area contributed by atoms with E-state index < -0.39 is 10.0 Å². The van der Waals surface area contributed by atoms with Crippen molar-refractivity contribution in [3.8, 4) is 11.5 Å². The fourth-order valence-corrected chi connectivity index (χ4v) is 3.92. The summed E-state index contributed by atoms with van der Waals surface area (Å²) in [5.41, 5.74) is 1.31. The average molecular weight is 376 g/mol. The zero-order chi connectivity index (χ0) is 18.7. The zero-order valence-corrected chi connectivity index (χ0v) is 15.3. The van der Waals surface area contributed by atoms with Crippen LogP contribution < -0.4 is 19.5 Å². The van der Waals surface area contributed by atoms with E-state index in [1.807, 2.05) is 0 Å². The number of sulfonamides is 1. The molecule has 1 amide bonds. The van der Waals surface area contributed by atoms with E-state index >= 15 is 0 Å². The molecule has 2 aromatic rings. The van der Waals surface area contributed by atoms with E-state index in [-0.39, 0.29) is 16.7 Å². The molecule has 0 aliphatic carbocycles. The fraction of sp³-hybridized carbons (Fsp3) is 0.278. The number of rotatable bonds is 6. The zero-order valence-electron chi connectivity index (χ0n) is 14.5. The maximum Gasteiger partial charge on any atom is 0.261 e. The topological polar surface area (TPSA) is 93.7 Å². The molecule has 26 heavy (non-hydrogen) atoms. The molecule has 0 radical (unpaired) electrons. The van der Waals surface area contributed by atoms with Crippen LogP contribution >= 0.6 is 0 Å². The maximum absolute atomic E-state index is 12.6. The van der Waals surface area contributed by atoms with Crippen molar-refractivity contribution in [2.75, 3.05) is 25.5 Å². The van der Waals surface area contributed by atoms with Gasteiger partial charge in [0.1, 0.15) is 0 Å². The SMILES string of the molecule is COc1ccc(NS(=O)(=O)c2ccc([C@@H]3CNC(=O)C3)cc2)cc1OC. The van der Waals surface area contributed by atoms with Crippen LogP contribution in [-0.4, -0.2) is 35.1 Å². The number of carbonyl (C=O) groups is 1. The molecule has 1 fully saturated rings. The van der Waals surface area contributed by atoms with E-state index in [4.69, 9.17) is 9.47 Å². The van der Waals surface area contributed by atoms with Gasteiger partial charge in [-0.05, 0) is 29.8 Å². The third-order valence-corrected chi connectivity index (χ3v) is 5.67. The number of hydrogen-bond acceptors (Lipinski definition) is 5. The van der Waals surface area contributed by atoms with Crippen LogP contribution in [0, 0.1) is 0 Å². The van der Waals surface area contributed by atoms with Crippen LogP contribution in [0.2, 0.25) is 0 Å². The molecule has 1 atom stereocenters. The van der Waals surface area contributed by atoms with E-state index in [0.29, 0.717) is 30.2 Å². The van der Waals surface area contributed by atoms with E-state index in [1.54, 1.807) is 42.5 Å². The summed E-state index contributed by atoms with van der Waals surface area (Å²) in [6, 6.07) is 11.4. The van der Waals surface area contributed by atoms with Crippen molar-refractivity contribution >= 4 is 21.6 Å². The molecule has 0 bridgehead atoms. The van der Waals surface area contributed by atoms with Gasteiger partial charge in [-0.25, -0.2) is 8.42 Å². The Labute approximate surface area is 152 Å². The summed E-state index contributed by atoms with van der Waals surface area (Å²) in [5.74, 6) is 1.04. The minimum atomic E-state index is -3.74. The Balaban J connectivity index is 1.79. The summed E-state index contributed by atoms with van der Waals surface area (Å²) >= 11 is 0. The average Bonchev–Trinajstić information content (AvgIpc) is 3.08. The number of ether oxygens (including phenoxy) is 2. The molecular formula is C18H20N2O5S. The molecular weight excluding hydrogens is 356 g/mol. The van der Waals surface area contributed by atoms with E-state index in [2.05, 4.69) is 10.0 Å². The largest absolute Gasteiger partial charge is 0.493 e. The monoisotopic (exact) mass is 376 g/mol. The van der Waals surface area contributed by atoms with Crippen molar-refractivity contribution in [1.82, 2.24) is 5.32 Å². The van der Waals surface area contributed by atoms with Gasteiger partial charge in [0.15, 0.2) is 11.5 Å². The minimum absolute atomic E-state index is 0.0156. The first-order valence-electron chi connectivity index (χ1n) is 8.04. The van der Waals surface area contributed by atoms with Crippen LogP contribution in [0.1, 0.15) is 17.9 Å². The highest BCUT2D eigenvalue weighted by Gasteiger charge is 2.23. The number of benzene rings is 2. The maximum atomic E-state index is 12.6. The second kappa shape index (κ2) is 7.25. The Morgan fingerprint density at radius 1 is 1.04 bits per heavy atom. The summed E-state index contributed by atoms with van der Waals surface area (Å²) in [5, 5.41) is 2.77. The van der Waals surface area contributed by atoms with Crippen LogP contribution in [0.3, 0.4) is 0 Å². The molecule has 7 nitrogen and oxygen atoms in total. The standard InChI is InChI=1S/C18H20N2O5S/c1-24-16-8-5-14(10-17(16)25-2)20-26(22,23)15-6-3-12(4-7-15)13-9-18(21)19-11-13/h3-8,10,13,20H,9,11H2,1-2H3,(H,19,21)/t13-/m0/s1. The third kappa shape index (κ3) is 3.75. The first-order chi connectivity index (χ1) is 12.4. The molecule has 1 aliphatic rings. The third-order valence-electron chi connectivity index (χ3n) is 4.27. The Hall–Kier alpha value is -2.74. The van der Waals surface area contributed by atoms with Crippen molar-refractivity contribution in [1.29, 1.82) is 0 Å². The van der Waals surface area contributed by atoms with Crippen LogP contribution in [0.5, 0.6) is 11.5 Å². The van der Waals surface area contributed by atoms with Crippen LogP contribution in [0.25, 0.3) is 0 Å². The highest BCUT2D eigenvalue weighted by Crippen LogP contribution is 2.31. The minimum Gasteiger partial charge on any atom is -0.493 e. The quantitative estimate of drug-likeness (QED) is 0.805. The normalized spacial score (nSPS) is 16.8. The Morgan fingerprint density at radius 3 is 2.31 bits per heavy atom. The van der Waals surface area contributed by atoms with Gasteiger partial charge in [-0.2, -0.15) is 0 Å². The molecule has 3 rings (SSSR count). The molecule has 1 heterocycles. The lowest BCUT2D eigenvalue weighted by atomic mass is 9.99. The van der Waals surface area contributed by atoms with Gasteiger partial charge in [0.05, 0.1) is 24.8 Å². The van der Waals surface area contributed by atoms with Gasteiger partial charge in [0, 0.05) is 24.9 Å².